The highest BCUT2D eigenvalue weighted by molar-refractivity contribution is 7.15. The van der Waals surface area contributed by atoms with Gasteiger partial charge in [-0.15, -0.1) is 0 Å². The van der Waals surface area contributed by atoms with Gasteiger partial charge >= 0.3 is 6.09 Å². The fourth-order valence-electron chi connectivity index (χ4n) is 4.02. The molecule has 0 unspecified atom stereocenters. The third-order valence-electron chi connectivity index (χ3n) is 5.89. The fraction of sp³-hybridized carbons (Fsp3) is 0.276. The summed E-state index contributed by atoms with van der Waals surface area (Å²) < 4.78 is 11.7. The minimum absolute atomic E-state index is 0.367. The first kappa shape index (κ1) is 28.3. The highest BCUT2D eigenvalue weighted by Gasteiger charge is 2.21. The lowest BCUT2D eigenvalue weighted by Gasteiger charge is -2.24. The Bertz CT molecular complexity index is 1650. The second kappa shape index (κ2) is 12.1. The molecule has 41 heavy (non-hydrogen) atoms. The molecule has 0 saturated heterocycles. The number of hydrogen-bond acceptors (Lipinski definition) is 9. The van der Waals surface area contributed by atoms with Crippen molar-refractivity contribution in [3.63, 3.8) is 0 Å². The molecule has 5 aromatic rings. The molecule has 2 N–H and O–H groups in total. The maximum atomic E-state index is 12.4. The van der Waals surface area contributed by atoms with Crippen molar-refractivity contribution >= 4 is 50.9 Å². The third kappa shape index (κ3) is 7.11. The Morgan fingerprint density at radius 2 is 1.95 bits per heavy atom. The van der Waals surface area contributed by atoms with Crippen LogP contribution in [0.5, 0.6) is 5.75 Å². The van der Waals surface area contributed by atoms with Gasteiger partial charge in [0.1, 0.15) is 16.9 Å². The van der Waals surface area contributed by atoms with Crippen LogP contribution in [-0.4, -0.2) is 55.4 Å². The van der Waals surface area contributed by atoms with Crippen LogP contribution in [-0.2, 0) is 17.7 Å². The predicted octanol–water partition coefficient (Wildman–Crippen LogP) is 6.86. The molecule has 5 rings (SSSR count). The van der Waals surface area contributed by atoms with Gasteiger partial charge in [0.25, 0.3) is 0 Å². The Hall–Kier alpha value is -4.22. The number of aromatic amines is 1. The van der Waals surface area contributed by atoms with Crippen molar-refractivity contribution in [3.05, 3.63) is 76.6 Å². The summed E-state index contributed by atoms with van der Waals surface area (Å²) in [6.07, 6.45) is 5.45. The molecule has 0 saturated carbocycles. The Kier molecular flexibility index (Phi) is 8.36. The van der Waals surface area contributed by atoms with E-state index >= 15 is 0 Å². The SMILES string of the molecule is CN(Cc1cnc(Nc2n[nH]c3c(OCCc4ccccn4)cc(-c4ncccc4Cl)cc23)s1)C(=O)OC(C)(C)C. The van der Waals surface area contributed by atoms with Crippen LogP contribution in [0.1, 0.15) is 31.3 Å². The molecule has 0 spiro atoms. The normalized spacial score (nSPS) is 11.4. The number of anilines is 2. The zero-order valence-corrected chi connectivity index (χ0v) is 24.7. The summed E-state index contributed by atoms with van der Waals surface area (Å²) in [5, 5.41) is 12.9. The highest BCUT2D eigenvalue weighted by atomic mass is 35.5. The van der Waals surface area contributed by atoms with Gasteiger partial charge in [-0.05, 0) is 57.2 Å². The Morgan fingerprint density at radius 1 is 1.12 bits per heavy atom. The van der Waals surface area contributed by atoms with Crippen LogP contribution in [0.25, 0.3) is 22.2 Å². The summed E-state index contributed by atoms with van der Waals surface area (Å²) >= 11 is 7.92. The van der Waals surface area contributed by atoms with E-state index < -0.39 is 11.7 Å². The number of fused-ring (bicyclic) bond motifs is 1. The van der Waals surface area contributed by atoms with Gasteiger partial charge in [-0.3, -0.25) is 15.1 Å². The number of hydrogen-bond donors (Lipinski definition) is 2. The Morgan fingerprint density at radius 3 is 2.71 bits per heavy atom. The molecular formula is C29H30ClN7O3S. The maximum Gasteiger partial charge on any atom is 0.410 e. The largest absolute Gasteiger partial charge is 0.491 e. The molecule has 12 heteroatoms. The highest BCUT2D eigenvalue weighted by Crippen LogP contribution is 2.37. The molecule has 0 aliphatic heterocycles. The van der Waals surface area contributed by atoms with E-state index in [0.717, 1.165) is 27.0 Å². The number of nitrogens with one attached hydrogen (secondary N) is 2. The molecule has 0 aliphatic rings. The molecule has 0 radical (unpaired) electrons. The average molecular weight is 592 g/mol. The average Bonchev–Trinajstić information content (AvgIpc) is 3.55. The fourth-order valence-corrected chi connectivity index (χ4v) is 5.12. The van der Waals surface area contributed by atoms with Crippen molar-refractivity contribution in [3.8, 4) is 17.0 Å². The van der Waals surface area contributed by atoms with Crippen LogP contribution >= 0.6 is 22.9 Å². The standard InChI is InChI=1S/C29H30ClN7O3S/c1-29(2,3)40-28(38)37(4)17-20-16-33-27(41-20)34-26-21-14-18(24-22(30)9-7-12-32-24)15-23(25(21)35-36-26)39-13-10-19-8-5-6-11-31-19/h5-9,11-12,14-16H,10,13,17H2,1-4H3,(H2,33,34,35,36). The van der Waals surface area contributed by atoms with Gasteiger partial charge < -0.3 is 19.7 Å². The number of pyridine rings is 2. The lowest BCUT2D eigenvalue weighted by atomic mass is 10.1. The summed E-state index contributed by atoms with van der Waals surface area (Å²) in [6, 6.07) is 13.3. The van der Waals surface area contributed by atoms with Crippen molar-refractivity contribution in [1.82, 2.24) is 30.0 Å². The van der Waals surface area contributed by atoms with E-state index in [4.69, 9.17) is 21.1 Å². The number of carbonyl (C=O) groups excluding carboxylic acids is 1. The number of aromatic nitrogens is 5. The smallest absolute Gasteiger partial charge is 0.410 e. The number of carbonyl (C=O) groups is 1. The van der Waals surface area contributed by atoms with Crippen LogP contribution < -0.4 is 10.1 Å². The van der Waals surface area contributed by atoms with Gasteiger partial charge in [0, 0.05) is 53.6 Å². The molecule has 4 aromatic heterocycles. The number of ether oxygens (including phenoxy) is 2. The molecular weight excluding hydrogens is 562 g/mol. The van der Waals surface area contributed by atoms with Crippen LogP contribution in [0.3, 0.4) is 0 Å². The molecule has 0 aliphatic carbocycles. The summed E-state index contributed by atoms with van der Waals surface area (Å²) in [5.41, 5.74) is 2.53. The zero-order chi connectivity index (χ0) is 29.0. The monoisotopic (exact) mass is 591 g/mol. The first-order chi connectivity index (χ1) is 19.7. The predicted molar refractivity (Wildman–Crippen MR) is 161 cm³/mol. The van der Waals surface area contributed by atoms with Crippen LogP contribution in [0.2, 0.25) is 5.02 Å². The van der Waals surface area contributed by atoms with Gasteiger partial charge in [0.05, 0.1) is 23.9 Å². The van der Waals surface area contributed by atoms with Crippen molar-refractivity contribution in [1.29, 1.82) is 0 Å². The number of benzene rings is 1. The van der Waals surface area contributed by atoms with E-state index in [1.807, 2.05) is 51.1 Å². The number of nitrogens with zero attached hydrogens (tertiary/aromatic N) is 5. The van der Waals surface area contributed by atoms with Crippen LogP contribution in [0.4, 0.5) is 15.7 Å². The van der Waals surface area contributed by atoms with Gasteiger partial charge in [0.2, 0.25) is 0 Å². The molecule has 212 valence electrons. The van der Waals surface area contributed by atoms with E-state index in [9.17, 15) is 4.79 Å². The van der Waals surface area contributed by atoms with E-state index in [1.165, 1.54) is 16.2 Å². The molecule has 10 nitrogen and oxygen atoms in total. The topological polar surface area (TPSA) is 118 Å². The van der Waals surface area contributed by atoms with E-state index in [-0.39, 0.29) is 0 Å². The first-order valence-electron chi connectivity index (χ1n) is 13.0. The maximum absolute atomic E-state index is 12.4. The van der Waals surface area contributed by atoms with Crippen molar-refractivity contribution < 1.29 is 14.3 Å². The quantitative estimate of drug-likeness (QED) is 0.191. The second-order valence-electron chi connectivity index (χ2n) is 10.3. The first-order valence-corrected chi connectivity index (χ1v) is 14.2. The molecule has 0 fully saturated rings. The van der Waals surface area contributed by atoms with E-state index in [0.29, 0.717) is 47.0 Å². The lowest BCUT2D eigenvalue weighted by Crippen LogP contribution is -2.33. The van der Waals surface area contributed by atoms with Gasteiger partial charge in [-0.2, -0.15) is 5.10 Å². The molecule has 4 heterocycles. The number of H-pyrrole nitrogens is 1. The summed E-state index contributed by atoms with van der Waals surface area (Å²) in [4.78, 5) is 28.1. The Labute approximate surface area is 246 Å². The molecule has 1 aromatic carbocycles. The van der Waals surface area contributed by atoms with Crippen molar-refractivity contribution in [2.45, 2.75) is 39.3 Å². The van der Waals surface area contributed by atoms with Crippen molar-refractivity contribution in [2.75, 3.05) is 19.0 Å². The van der Waals surface area contributed by atoms with E-state index in [2.05, 4.69) is 30.5 Å². The summed E-state index contributed by atoms with van der Waals surface area (Å²) in [5.74, 6) is 1.19. The number of rotatable bonds is 9. The molecule has 0 bridgehead atoms. The second-order valence-corrected chi connectivity index (χ2v) is 11.8. The van der Waals surface area contributed by atoms with E-state index in [1.54, 1.807) is 37.8 Å². The minimum atomic E-state index is -0.563. The van der Waals surface area contributed by atoms with Gasteiger partial charge in [-0.1, -0.05) is 29.0 Å². The van der Waals surface area contributed by atoms with Crippen LogP contribution in [0.15, 0.2) is 61.1 Å². The lowest BCUT2D eigenvalue weighted by molar-refractivity contribution is 0.0286. The number of amides is 1. The number of thiazole rings is 1. The molecule has 0 atom stereocenters. The van der Waals surface area contributed by atoms with Gasteiger partial charge in [0.15, 0.2) is 10.9 Å². The number of halogens is 1. The van der Waals surface area contributed by atoms with Gasteiger partial charge in [-0.25, -0.2) is 9.78 Å². The minimum Gasteiger partial charge on any atom is -0.491 e. The Balaban J connectivity index is 1.39. The van der Waals surface area contributed by atoms with Crippen LogP contribution in [0, 0.1) is 0 Å². The third-order valence-corrected chi connectivity index (χ3v) is 7.09. The molecule has 1 amide bonds. The summed E-state index contributed by atoms with van der Waals surface area (Å²) in [7, 11) is 1.70. The summed E-state index contributed by atoms with van der Waals surface area (Å²) in [6.45, 7) is 6.31. The zero-order valence-electron chi connectivity index (χ0n) is 23.1. The van der Waals surface area contributed by atoms with Crippen molar-refractivity contribution in [2.24, 2.45) is 0 Å².